The van der Waals surface area contributed by atoms with Gasteiger partial charge in [0.05, 0.1) is 5.41 Å². The van der Waals surface area contributed by atoms with E-state index in [1.165, 1.54) is 11.1 Å². The highest BCUT2D eigenvalue weighted by Crippen LogP contribution is 2.43. The van der Waals surface area contributed by atoms with E-state index in [1.54, 1.807) is 12.1 Å². The van der Waals surface area contributed by atoms with Gasteiger partial charge in [0.25, 0.3) is 5.91 Å². The number of piperidine rings is 1. The summed E-state index contributed by atoms with van der Waals surface area (Å²) in [4.78, 5) is 33.6. The van der Waals surface area contributed by atoms with Crippen LogP contribution < -0.4 is 0 Å². The fourth-order valence-corrected chi connectivity index (χ4v) is 7.37. The molecule has 0 aliphatic carbocycles. The Morgan fingerprint density at radius 2 is 1.62 bits per heavy atom. The van der Waals surface area contributed by atoms with E-state index in [-0.39, 0.29) is 17.2 Å². The van der Waals surface area contributed by atoms with Gasteiger partial charge in [-0.2, -0.15) is 0 Å². The SMILES string of the molecule is O=C(c1cccc(Cl)c1)N1CC(CN2CCC3(CC2)CCN(Cc2ccc(Br)cc2)C3=O)C(c2ccccc2)C1. The van der Waals surface area contributed by atoms with Crippen LogP contribution in [0.4, 0.5) is 0 Å². The van der Waals surface area contributed by atoms with Crippen LogP contribution in [0.15, 0.2) is 83.3 Å². The molecule has 40 heavy (non-hydrogen) atoms. The summed E-state index contributed by atoms with van der Waals surface area (Å²) < 4.78 is 1.06. The Hall–Kier alpha value is -2.67. The van der Waals surface area contributed by atoms with Crippen LogP contribution in [-0.2, 0) is 11.3 Å². The molecule has 0 N–H and O–H groups in total. The van der Waals surface area contributed by atoms with Gasteiger partial charge in [-0.3, -0.25) is 9.59 Å². The third-order valence-corrected chi connectivity index (χ3v) is 9.99. The molecule has 7 heteroatoms. The van der Waals surface area contributed by atoms with Crippen molar-refractivity contribution in [3.8, 4) is 0 Å². The summed E-state index contributed by atoms with van der Waals surface area (Å²) in [5.41, 5.74) is 2.90. The van der Waals surface area contributed by atoms with Crippen molar-refractivity contribution in [1.82, 2.24) is 14.7 Å². The standard InChI is InChI=1S/C33H35BrClN3O2/c34-28-11-9-24(10-12-28)20-37-18-15-33(32(37)40)13-16-36(17-14-33)21-27-22-38(23-30(27)25-5-2-1-3-6-25)31(39)26-7-4-8-29(35)19-26/h1-12,19,27,30H,13-18,20-23H2. The molecule has 0 radical (unpaired) electrons. The van der Waals surface area contributed by atoms with E-state index < -0.39 is 0 Å². The molecule has 3 aromatic rings. The summed E-state index contributed by atoms with van der Waals surface area (Å²) in [6.07, 6.45) is 2.78. The van der Waals surface area contributed by atoms with E-state index in [9.17, 15) is 9.59 Å². The normalized spacial score (nSPS) is 22.8. The average Bonchev–Trinajstić information content (AvgIpc) is 3.53. The van der Waals surface area contributed by atoms with Gasteiger partial charge < -0.3 is 14.7 Å². The first-order chi connectivity index (χ1) is 19.4. The third kappa shape index (κ3) is 5.72. The summed E-state index contributed by atoms with van der Waals surface area (Å²) in [5.74, 6) is 1.00. The second kappa shape index (κ2) is 11.7. The highest BCUT2D eigenvalue weighted by Gasteiger charge is 2.48. The molecule has 3 saturated heterocycles. The quantitative estimate of drug-likeness (QED) is 0.317. The summed E-state index contributed by atoms with van der Waals surface area (Å²) in [6, 6.07) is 26.1. The van der Waals surface area contributed by atoms with Gasteiger partial charge in [0.15, 0.2) is 0 Å². The smallest absolute Gasteiger partial charge is 0.253 e. The van der Waals surface area contributed by atoms with Crippen molar-refractivity contribution >= 4 is 39.3 Å². The number of hydrogen-bond acceptors (Lipinski definition) is 3. The van der Waals surface area contributed by atoms with Crippen molar-refractivity contribution < 1.29 is 9.59 Å². The molecule has 3 heterocycles. The van der Waals surface area contributed by atoms with Crippen molar-refractivity contribution in [3.05, 3.63) is 105 Å². The van der Waals surface area contributed by atoms with Crippen molar-refractivity contribution in [1.29, 1.82) is 0 Å². The minimum atomic E-state index is -0.213. The van der Waals surface area contributed by atoms with E-state index in [2.05, 4.69) is 62.1 Å². The lowest BCUT2D eigenvalue weighted by atomic mass is 9.76. The molecule has 5 nitrogen and oxygen atoms in total. The number of rotatable bonds is 6. The van der Waals surface area contributed by atoms with E-state index >= 15 is 0 Å². The Kier molecular flexibility index (Phi) is 8.02. The Morgan fingerprint density at radius 3 is 2.35 bits per heavy atom. The van der Waals surface area contributed by atoms with Gasteiger partial charge in [0.1, 0.15) is 0 Å². The van der Waals surface area contributed by atoms with Crippen LogP contribution >= 0.6 is 27.5 Å². The Labute approximate surface area is 250 Å². The summed E-state index contributed by atoms with van der Waals surface area (Å²) >= 11 is 9.68. The van der Waals surface area contributed by atoms with Gasteiger partial charge in [-0.05, 0) is 79.7 Å². The molecule has 6 rings (SSSR count). The Balaban J connectivity index is 1.10. The molecule has 3 aliphatic rings. The first-order valence-corrected chi connectivity index (χ1v) is 15.4. The molecule has 3 fully saturated rings. The largest absolute Gasteiger partial charge is 0.338 e. The van der Waals surface area contributed by atoms with Gasteiger partial charge in [-0.25, -0.2) is 0 Å². The van der Waals surface area contributed by atoms with Crippen LogP contribution in [-0.4, -0.2) is 65.8 Å². The molecule has 3 aliphatic heterocycles. The minimum Gasteiger partial charge on any atom is -0.338 e. The highest BCUT2D eigenvalue weighted by molar-refractivity contribution is 9.10. The van der Waals surface area contributed by atoms with Gasteiger partial charge in [0.2, 0.25) is 5.91 Å². The van der Waals surface area contributed by atoms with Crippen molar-refractivity contribution in [2.24, 2.45) is 11.3 Å². The zero-order valence-corrected chi connectivity index (χ0v) is 25.0. The number of carbonyl (C=O) groups excluding carboxylic acids is 2. The van der Waals surface area contributed by atoms with Crippen LogP contribution in [0.1, 0.15) is 46.7 Å². The Bertz CT molecular complexity index is 1360. The zero-order chi connectivity index (χ0) is 27.7. The van der Waals surface area contributed by atoms with Crippen LogP contribution in [0.25, 0.3) is 0 Å². The maximum Gasteiger partial charge on any atom is 0.253 e. The van der Waals surface area contributed by atoms with E-state index in [4.69, 9.17) is 11.6 Å². The lowest BCUT2D eigenvalue weighted by Gasteiger charge is -2.39. The number of carbonyl (C=O) groups is 2. The van der Waals surface area contributed by atoms with Crippen LogP contribution in [0.5, 0.6) is 0 Å². The average molecular weight is 621 g/mol. The lowest BCUT2D eigenvalue weighted by molar-refractivity contribution is -0.139. The fraction of sp³-hybridized carbons (Fsp3) is 0.394. The van der Waals surface area contributed by atoms with E-state index in [1.807, 2.05) is 35.2 Å². The molecule has 0 bridgehead atoms. The van der Waals surface area contributed by atoms with Gasteiger partial charge >= 0.3 is 0 Å². The number of halogens is 2. The first-order valence-electron chi connectivity index (χ1n) is 14.3. The van der Waals surface area contributed by atoms with Gasteiger partial charge in [-0.1, -0.05) is 76.1 Å². The molecule has 0 aromatic heterocycles. The monoisotopic (exact) mass is 619 g/mol. The first kappa shape index (κ1) is 27.5. The molecule has 2 unspecified atom stereocenters. The molecule has 1 spiro atoms. The number of amides is 2. The zero-order valence-electron chi connectivity index (χ0n) is 22.6. The third-order valence-electron chi connectivity index (χ3n) is 9.22. The number of benzene rings is 3. The highest BCUT2D eigenvalue weighted by atomic mass is 79.9. The lowest BCUT2D eigenvalue weighted by Crippen LogP contribution is -2.46. The second-order valence-electron chi connectivity index (χ2n) is 11.7. The topological polar surface area (TPSA) is 43.9 Å². The maximum atomic E-state index is 13.6. The summed E-state index contributed by atoms with van der Waals surface area (Å²) in [5, 5.41) is 0.584. The summed E-state index contributed by atoms with van der Waals surface area (Å²) in [7, 11) is 0. The van der Waals surface area contributed by atoms with Crippen LogP contribution in [0.3, 0.4) is 0 Å². The Morgan fingerprint density at radius 1 is 0.900 bits per heavy atom. The van der Waals surface area contributed by atoms with Crippen molar-refractivity contribution in [2.45, 2.75) is 31.7 Å². The fourth-order valence-electron chi connectivity index (χ4n) is 6.92. The maximum absolute atomic E-state index is 13.6. The number of nitrogens with zero attached hydrogens (tertiary/aromatic N) is 3. The van der Waals surface area contributed by atoms with Gasteiger partial charge in [0, 0.05) is 53.7 Å². The van der Waals surface area contributed by atoms with Crippen molar-refractivity contribution in [2.75, 3.05) is 39.3 Å². The summed E-state index contributed by atoms with van der Waals surface area (Å²) in [6.45, 7) is 5.76. The predicted molar refractivity (Wildman–Crippen MR) is 162 cm³/mol. The predicted octanol–water partition coefficient (Wildman–Crippen LogP) is 6.47. The molecule has 3 aromatic carbocycles. The van der Waals surface area contributed by atoms with Gasteiger partial charge in [-0.15, -0.1) is 0 Å². The minimum absolute atomic E-state index is 0.0472. The van der Waals surface area contributed by atoms with E-state index in [0.29, 0.717) is 35.5 Å². The van der Waals surface area contributed by atoms with Crippen LogP contribution in [0, 0.1) is 11.3 Å². The molecule has 2 amide bonds. The molecular formula is C33H35BrClN3O2. The number of hydrogen-bond donors (Lipinski definition) is 0. The second-order valence-corrected chi connectivity index (χ2v) is 13.0. The van der Waals surface area contributed by atoms with E-state index in [0.717, 1.165) is 56.5 Å². The number of likely N-dealkylation sites (tertiary alicyclic amines) is 3. The molecular weight excluding hydrogens is 586 g/mol. The van der Waals surface area contributed by atoms with Crippen LogP contribution in [0.2, 0.25) is 5.02 Å². The molecule has 0 saturated carbocycles. The molecule has 208 valence electrons. The van der Waals surface area contributed by atoms with Crippen molar-refractivity contribution in [3.63, 3.8) is 0 Å². The molecule has 2 atom stereocenters.